The molecule has 66 valence electrons. The van der Waals surface area contributed by atoms with Gasteiger partial charge in [0, 0.05) is 10.6 Å². The number of halogens is 1. The van der Waals surface area contributed by atoms with Crippen LogP contribution in [0.4, 0.5) is 0 Å². The van der Waals surface area contributed by atoms with Gasteiger partial charge in [-0.25, -0.2) is 0 Å². The van der Waals surface area contributed by atoms with Crippen LogP contribution in [0.15, 0.2) is 36.4 Å². The largest absolute Gasteiger partial charge is 0.392 e. The highest BCUT2D eigenvalue weighted by Gasteiger charge is 2.03. The van der Waals surface area contributed by atoms with Gasteiger partial charge in [0.15, 0.2) is 0 Å². The molecule has 0 spiro atoms. The van der Waals surface area contributed by atoms with E-state index in [1.54, 1.807) is 0 Å². The normalized spacial score (nSPS) is 10.6. The first kappa shape index (κ1) is 8.54. The highest BCUT2D eigenvalue weighted by molar-refractivity contribution is 6.32. The highest BCUT2D eigenvalue weighted by Crippen LogP contribution is 2.25. The minimum atomic E-state index is -0.0137. The van der Waals surface area contributed by atoms with Gasteiger partial charge in [0.25, 0.3) is 0 Å². The summed E-state index contributed by atoms with van der Waals surface area (Å²) >= 11 is 5.94. The minimum absolute atomic E-state index is 0.0137. The Hall–Kier alpha value is -1.05. The molecular weight excluding hydrogens is 184 g/mol. The lowest BCUT2D eigenvalue weighted by atomic mass is 10.1. The van der Waals surface area contributed by atoms with Gasteiger partial charge in [0.05, 0.1) is 6.61 Å². The van der Waals surface area contributed by atoms with Crippen molar-refractivity contribution in [1.82, 2.24) is 0 Å². The summed E-state index contributed by atoms with van der Waals surface area (Å²) < 4.78 is 0. The van der Waals surface area contributed by atoms with Crippen molar-refractivity contribution in [3.63, 3.8) is 0 Å². The third-order valence-electron chi connectivity index (χ3n) is 2.14. The summed E-state index contributed by atoms with van der Waals surface area (Å²) in [4.78, 5) is 0. The Morgan fingerprint density at radius 3 is 2.62 bits per heavy atom. The number of benzene rings is 2. The van der Waals surface area contributed by atoms with E-state index in [1.165, 1.54) is 0 Å². The second-order valence-electron chi connectivity index (χ2n) is 2.91. The van der Waals surface area contributed by atoms with Crippen LogP contribution in [0.1, 0.15) is 5.56 Å². The Morgan fingerprint density at radius 1 is 1.08 bits per heavy atom. The Labute approximate surface area is 81.6 Å². The number of aliphatic hydroxyl groups is 1. The van der Waals surface area contributed by atoms with Crippen molar-refractivity contribution in [2.45, 2.75) is 6.61 Å². The Bertz CT molecular complexity index is 437. The lowest BCUT2D eigenvalue weighted by Crippen LogP contribution is -1.86. The molecule has 0 radical (unpaired) electrons. The standard InChI is InChI=1S/C11H9ClO/c12-11-6-5-8-3-1-2-4-9(8)10(11)7-13/h1-6,13H,7H2. The fourth-order valence-electron chi connectivity index (χ4n) is 1.47. The first-order valence-electron chi connectivity index (χ1n) is 4.10. The van der Waals surface area contributed by atoms with Crippen LogP contribution in [0.2, 0.25) is 5.02 Å². The van der Waals surface area contributed by atoms with E-state index in [9.17, 15) is 0 Å². The third kappa shape index (κ3) is 1.41. The minimum Gasteiger partial charge on any atom is -0.392 e. The van der Waals surface area contributed by atoms with E-state index in [1.807, 2.05) is 36.4 Å². The molecule has 2 rings (SSSR count). The van der Waals surface area contributed by atoms with Gasteiger partial charge in [-0.1, -0.05) is 41.9 Å². The molecule has 0 bridgehead atoms. The molecule has 0 fully saturated rings. The maximum Gasteiger partial charge on any atom is 0.0702 e. The number of hydrogen-bond acceptors (Lipinski definition) is 1. The molecule has 0 amide bonds. The predicted molar refractivity (Wildman–Crippen MR) is 54.9 cm³/mol. The number of rotatable bonds is 1. The molecule has 0 unspecified atom stereocenters. The van der Waals surface area contributed by atoms with Crippen LogP contribution in [-0.4, -0.2) is 5.11 Å². The first-order chi connectivity index (χ1) is 6.33. The summed E-state index contributed by atoms with van der Waals surface area (Å²) in [6, 6.07) is 11.7. The predicted octanol–water partition coefficient (Wildman–Crippen LogP) is 2.99. The van der Waals surface area contributed by atoms with Crippen molar-refractivity contribution in [2.24, 2.45) is 0 Å². The van der Waals surface area contributed by atoms with E-state index in [-0.39, 0.29) is 6.61 Å². The van der Waals surface area contributed by atoms with Crippen LogP contribution in [0, 0.1) is 0 Å². The van der Waals surface area contributed by atoms with Crippen LogP contribution in [0.3, 0.4) is 0 Å². The molecule has 1 nitrogen and oxygen atoms in total. The third-order valence-corrected chi connectivity index (χ3v) is 2.50. The summed E-state index contributed by atoms with van der Waals surface area (Å²) in [5.41, 5.74) is 0.805. The topological polar surface area (TPSA) is 20.2 Å². The van der Waals surface area contributed by atoms with Crippen molar-refractivity contribution in [2.75, 3.05) is 0 Å². The molecule has 0 heterocycles. The smallest absolute Gasteiger partial charge is 0.0702 e. The molecule has 0 aliphatic rings. The Kier molecular flexibility index (Phi) is 2.21. The lowest BCUT2D eigenvalue weighted by molar-refractivity contribution is 0.283. The molecule has 1 N–H and O–H groups in total. The molecule has 0 aromatic heterocycles. The molecule has 2 aromatic rings. The van der Waals surface area contributed by atoms with Crippen LogP contribution >= 0.6 is 11.6 Å². The summed E-state index contributed by atoms with van der Waals surface area (Å²) in [5.74, 6) is 0. The average molecular weight is 193 g/mol. The maximum atomic E-state index is 9.13. The molecule has 0 atom stereocenters. The summed E-state index contributed by atoms with van der Waals surface area (Å²) in [6.07, 6.45) is 0. The zero-order valence-electron chi connectivity index (χ0n) is 7.00. The lowest BCUT2D eigenvalue weighted by Gasteiger charge is -2.05. The quantitative estimate of drug-likeness (QED) is 0.737. The van der Waals surface area contributed by atoms with E-state index in [0.717, 1.165) is 16.3 Å². The fourth-order valence-corrected chi connectivity index (χ4v) is 1.69. The van der Waals surface area contributed by atoms with Gasteiger partial charge in [0.2, 0.25) is 0 Å². The van der Waals surface area contributed by atoms with Gasteiger partial charge in [-0.2, -0.15) is 0 Å². The van der Waals surface area contributed by atoms with Gasteiger partial charge < -0.3 is 5.11 Å². The van der Waals surface area contributed by atoms with Crippen LogP contribution in [0.25, 0.3) is 10.8 Å². The molecule has 2 heteroatoms. The second kappa shape index (κ2) is 3.36. The van der Waals surface area contributed by atoms with Gasteiger partial charge in [-0.15, -0.1) is 0 Å². The van der Waals surface area contributed by atoms with Gasteiger partial charge in [-0.3, -0.25) is 0 Å². The molecule has 2 aromatic carbocycles. The van der Waals surface area contributed by atoms with Gasteiger partial charge >= 0.3 is 0 Å². The van der Waals surface area contributed by atoms with Crippen LogP contribution < -0.4 is 0 Å². The zero-order valence-corrected chi connectivity index (χ0v) is 7.75. The van der Waals surface area contributed by atoms with Crippen molar-refractivity contribution < 1.29 is 5.11 Å². The summed E-state index contributed by atoms with van der Waals surface area (Å²) in [6.45, 7) is -0.0137. The number of hydrogen-bond donors (Lipinski definition) is 1. The van der Waals surface area contributed by atoms with Crippen molar-refractivity contribution in [1.29, 1.82) is 0 Å². The molecule has 0 aliphatic heterocycles. The summed E-state index contributed by atoms with van der Waals surface area (Å²) in [7, 11) is 0. The second-order valence-corrected chi connectivity index (χ2v) is 3.31. The van der Waals surface area contributed by atoms with E-state index in [0.29, 0.717) is 5.02 Å². The van der Waals surface area contributed by atoms with Crippen molar-refractivity contribution in [3.8, 4) is 0 Å². The molecule has 0 saturated heterocycles. The maximum absolute atomic E-state index is 9.13. The highest BCUT2D eigenvalue weighted by atomic mass is 35.5. The van der Waals surface area contributed by atoms with Crippen molar-refractivity contribution in [3.05, 3.63) is 47.0 Å². The van der Waals surface area contributed by atoms with Crippen LogP contribution in [0.5, 0.6) is 0 Å². The van der Waals surface area contributed by atoms with Crippen molar-refractivity contribution >= 4 is 22.4 Å². The zero-order chi connectivity index (χ0) is 9.26. The van der Waals surface area contributed by atoms with E-state index in [2.05, 4.69) is 0 Å². The average Bonchev–Trinajstić information content (AvgIpc) is 2.18. The SMILES string of the molecule is OCc1c(Cl)ccc2ccccc12. The Balaban J connectivity index is 2.84. The van der Waals surface area contributed by atoms with Crippen LogP contribution in [-0.2, 0) is 6.61 Å². The molecule has 0 saturated carbocycles. The van der Waals surface area contributed by atoms with Gasteiger partial charge in [0.1, 0.15) is 0 Å². The van der Waals surface area contributed by atoms with E-state index in [4.69, 9.17) is 16.7 Å². The van der Waals surface area contributed by atoms with Gasteiger partial charge in [-0.05, 0) is 16.8 Å². The number of fused-ring (bicyclic) bond motifs is 1. The number of aliphatic hydroxyl groups excluding tert-OH is 1. The molecule has 0 aliphatic carbocycles. The first-order valence-corrected chi connectivity index (χ1v) is 4.47. The van der Waals surface area contributed by atoms with E-state index < -0.39 is 0 Å². The summed E-state index contributed by atoms with van der Waals surface area (Å²) in [5, 5.41) is 11.9. The fraction of sp³-hybridized carbons (Fsp3) is 0.0909. The Morgan fingerprint density at radius 2 is 1.85 bits per heavy atom. The van der Waals surface area contributed by atoms with E-state index >= 15 is 0 Å². The monoisotopic (exact) mass is 192 g/mol. The molecular formula is C11H9ClO. The molecule has 13 heavy (non-hydrogen) atoms.